The lowest BCUT2D eigenvalue weighted by molar-refractivity contribution is -0.137. The quantitative estimate of drug-likeness (QED) is 0.711. The number of aromatic nitrogens is 2. The molecular formula is C20H19F3N4O. The lowest BCUT2D eigenvalue weighted by Crippen LogP contribution is -2.36. The molecule has 5 nitrogen and oxygen atoms in total. The molecule has 0 saturated carbocycles. The van der Waals surface area contributed by atoms with Crippen molar-refractivity contribution in [1.29, 1.82) is 0 Å². The van der Waals surface area contributed by atoms with E-state index in [1.165, 1.54) is 11.0 Å². The van der Waals surface area contributed by atoms with E-state index in [-0.39, 0.29) is 12.6 Å². The van der Waals surface area contributed by atoms with Gasteiger partial charge in [-0.1, -0.05) is 30.3 Å². The number of carbonyl (C=O) groups excluding carboxylic acids is 1. The first-order valence-corrected chi connectivity index (χ1v) is 8.57. The second-order valence-corrected chi connectivity index (χ2v) is 6.34. The number of urea groups is 1. The van der Waals surface area contributed by atoms with Gasteiger partial charge in [0.1, 0.15) is 0 Å². The van der Waals surface area contributed by atoms with Crippen molar-refractivity contribution in [2.75, 3.05) is 7.05 Å². The topological polar surface area (TPSA) is 50.2 Å². The summed E-state index contributed by atoms with van der Waals surface area (Å²) >= 11 is 0. The summed E-state index contributed by atoms with van der Waals surface area (Å²) in [6, 6.07) is 14.1. The van der Waals surface area contributed by atoms with Crippen LogP contribution in [0.2, 0.25) is 0 Å². The Balaban J connectivity index is 1.56. The Kier molecular flexibility index (Phi) is 5.67. The van der Waals surface area contributed by atoms with E-state index in [9.17, 15) is 18.0 Å². The molecule has 3 rings (SSSR count). The molecule has 0 aliphatic heterocycles. The highest BCUT2D eigenvalue weighted by atomic mass is 19.4. The first-order valence-electron chi connectivity index (χ1n) is 8.57. The molecule has 1 N–H and O–H groups in total. The summed E-state index contributed by atoms with van der Waals surface area (Å²) in [5.74, 6) is 0. The van der Waals surface area contributed by atoms with Gasteiger partial charge in [-0.15, -0.1) is 0 Å². The Morgan fingerprint density at radius 3 is 2.57 bits per heavy atom. The van der Waals surface area contributed by atoms with Crippen molar-refractivity contribution in [3.63, 3.8) is 0 Å². The van der Waals surface area contributed by atoms with Gasteiger partial charge >= 0.3 is 12.2 Å². The van der Waals surface area contributed by atoms with Gasteiger partial charge in [-0.25, -0.2) is 9.48 Å². The molecule has 0 aliphatic carbocycles. The van der Waals surface area contributed by atoms with Gasteiger partial charge in [0.05, 0.1) is 24.0 Å². The fourth-order valence-corrected chi connectivity index (χ4v) is 2.68. The maximum absolute atomic E-state index is 12.8. The van der Waals surface area contributed by atoms with E-state index in [4.69, 9.17) is 0 Å². The van der Waals surface area contributed by atoms with E-state index < -0.39 is 11.7 Å². The number of nitrogens with zero attached hydrogens (tertiary/aromatic N) is 3. The molecule has 2 amide bonds. The maximum Gasteiger partial charge on any atom is 0.416 e. The van der Waals surface area contributed by atoms with Crippen LogP contribution in [0.1, 0.15) is 16.7 Å². The highest BCUT2D eigenvalue weighted by molar-refractivity contribution is 5.73. The molecule has 1 heterocycles. The van der Waals surface area contributed by atoms with Crippen LogP contribution in [0.15, 0.2) is 67.0 Å². The van der Waals surface area contributed by atoms with Crippen LogP contribution in [0.4, 0.5) is 18.0 Å². The van der Waals surface area contributed by atoms with Crippen LogP contribution in [-0.2, 0) is 19.3 Å². The van der Waals surface area contributed by atoms with E-state index in [1.807, 2.05) is 36.5 Å². The van der Waals surface area contributed by atoms with Gasteiger partial charge < -0.3 is 10.2 Å². The Morgan fingerprint density at radius 1 is 1.11 bits per heavy atom. The number of halogens is 3. The predicted molar refractivity (Wildman–Crippen MR) is 98.7 cm³/mol. The normalized spacial score (nSPS) is 11.3. The molecule has 1 aromatic heterocycles. The van der Waals surface area contributed by atoms with E-state index in [2.05, 4.69) is 10.4 Å². The van der Waals surface area contributed by atoms with Gasteiger partial charge in [-0.2, -0.15) is 18.3 Å². The first-order chi connectivity index (χ1) is 13.3. The zero-order valence-corrected chi connectivity index (χ0v) is 15.1. The average molecular weight is 388 g/mol. The molecule has 146 valence electrons. The molecule has 8 heteroatoms. The molecule has 28 heavy (non-hydrogen) atoms. The third-order valence-corrected chi connectivity index (χ3v) is 4.12. The summed E-state index contributed by atoms with van der Waals surface area (Å²) in [4.78, 5) is 13.7. The monoisotopic (exact) mass is 388 g/mol. The Morgan fingerprint density at radius 2 is 1.86 bits per heavy atom. The second-order valence-electron chi connectivity index (χ2n) is 6.34. The minimum atomic E-state index is -4.41. The summed E-state index contributed by atoms with van der Waals surface area (Å²) in [5, 5.41) is 6.91. The maximum atomic E-state index is 12.8. The minimum Gasteiger partial charge on any atom is -0.334 e. The molecule has 0 unspecified atom stereocenters. The lowest BCUT2D eigenvalue weighted by atomic mass is 10.1. The van der Waals surface area contributed by atoms with Gasteiger partial charge in [0.15, 0.2) is 0 Å². The third kappa shape index (κ3) is 4.91. The number of carbonyl (C=O) groups is 1. The van der Waals surface area contributed by atoms with Crippen LogP contribution >= 0.6 is 0 Å². The summed E-state index contributed by atoms with van der Waals surface area (Å²) in [6.45, 7) is 0.331. The van der Waals surface area contributed by atoms with Crippen molar-refractivity contribution >= 4 is 6.03 Å². The van der Waals surface area contributed by atoms with Crippen molar-refractivity contribution in [2.45, 2.75) is 19.3 Å². The summed E-state index contributed by atoms with van der Waals surface area (Å²) in [7, 11) is 1.61. The number of benzene rings is 2. The van der Waals surface area contributed by atoms with Crippen LogP contribution in [0.5, 0.6) is 0 Å². The number of rotatable bonds is 5. The van der Waals surface area contributed by atoms with Gasteiger partial charge in [0.2, 0.25) is 0 Å². The SMILES string of the molecule is CN(Cc1cnn(-c2ccccc2)c1)C(=O)NCc1cccc(C(F)(F)F)c1. The Hall–Kier alpha value is -3.29. The predicted octanol–water partition coefficient (Wildman–Crippen LogP) is 4.23. The standard InChI is InChI=1S/C20H19F3N4O/c1-26(13-16-12-25-27(14-16)18-8-3-2-4-9-18)19(28)24-11-15-6-5-7-17(10-15)20(21,22)23/h2-10,12,14H,11,13H2,1H3,(H,24,28). The van der Waals surface area contributed by atoms with Gasteiger partial charge in [0.25, 0.3) is 0 Å². The molecule has 0 saturated heterocycles. The fraction of sp³-hybridized carbons (Fsp3) is 0.200. The number of hydrogen-bond acceptors (Lipinski definition) is 2. The van der Waals surface area contributed by atoms with Crippen LogP contribution in [0.25, 0.3) is 5.69 Å². The van der Waals surface area contributed by atoms with Gasteiger partial charge in [-0.05, 0) is 29.8 Å². The number of hydrogen-bond donors (Lipinski definition) is 1. The lowest BCUT2D eigenvalue weighted by Gasteiger charge is -2.17. The van der Waals surface area contributed by atoms with Crippen LogP contribution in [-0.4, -0.2) is 27.8 Å². The number of alkyl halides is 3. The number of para-hydroxylation sites is 1. The van der Waals surface area contributed by atoms with Crippen molar-refractivity contribution < 1.29 is 18.0 Å². The van der Waals surface area contributed by atoms with Crippen LogP contribution in [0, 0.1) is 0 Å². The zero-order valence-electron chi connectivity index (χ0n) is 15.1. The summed E-state index contributed by atoms with van der Waals surface area (Å²) in [5.41, 5.74) is 1.39. The van der Waals surface area contributed by atoms with E-state index in [1.54, 1.807) is 24.0 Å². The smallest absolute Gasteiger partial charge is 0.334 e. The summed E-state index contributed by atoms with van der Waals surface area (Å²) in [6.07, 6.45) is -0.911. The summed E-state index contributed by atoms with van der Waals surface area (Å²) < 4.78 is 40.0. The highest BCUT2D eigenvalue weighted by Gasteiger charge is 2.30. The minimum absolute atomic E-state index is 0.0103. The average Bonchev–Trinajstić information content (AvgIpc) is 3.15. The number of nitrogens with one attached hydrogen (secondary N) is 1. The van der Waals surface area contributed by atoms with Gasteiger partial charge in [0, 0.05) is 25.4 Å². The molecule has 2 aromatic carbocycles. The number of amides is 2. The molecule has 3 aromatic rings. The molecule has 0 bridgehead atoms. The van der Waals surface area contributed by atoms with Gasteiger partial charge in [-0.3, -0.25) is 0 Å². The van der Waals surface area contributed by atoms with Crippen molar-refractivity contribution in [1.82, 2.24) is 20.0 Å². The van der Waals surface area contributed by atoms with E-state index >= 15 is 0 Å². The molecule has 0 radical (unpaired) electrons. The second kappa shape index (κ2) is 8.16. The zero-order chi connectivity index (χ0) is 20.1. The molecule has 0 aliphatic rings. The fourth-order valence-electron chi connectivity index (χ4n) is 2.68. The van der Waals surface area contributed by atoms with Crippen molar-refractivity contribution in [3.8, 4) is 5.69 Å². The van der Waals surface area contributed by atoms with Crippen molar-refractivity contribution in [3.05, 3.63) is 83.7 Å². The first kappa shape index (κ1) is 19.5. The molecule has 0 atom stereocenters. The highest BCUT2D eigenvalue weighted by Crippen LogP contribution is 2.29. The van der Waals surface area contributed by atoms with E-state index in [0.29, 0.717) is 12.1 Å². The Labute approximate surface area is 160 Å². The van der Waals surface area contributed by atoms with Crippen LogP contribution < -0.4 is 5.32 Å². The largest absolute Gasteiger partial charge is 0.416 e. The molecule has 0 fully saturated rings. The third-order valence-electron chi connectivity index (χ3n) is 4.12. The Bertz CT molecular complexity index is 938. The van der Waals surface area contributed by atoms with Crippen molar-refractivity contribution in [2.24, 2.45) is 0 Å². The molecular weight excluding hydrogens is 369 g/mol. The molecule has 0 spiro atoms. The van der Waals surface area contributed by atoms with E-state index in [0.717, 1.165) is 23.4 Å². The van der Waals surface area contributed by atoms with Crippen LogP contribution in [0.3, 0.4) is 0 Å².